The number of imidazole rings is 1. The number of carbonyl (C=O) groups is 1. The van der Waals surface area contributed by atoms with Gasteiger partial charge in [0.15, 0.2) is 5.69 Å². The molecule has 1 N–H and O–H groups in total. The van der Waals surface area contributed by atoms with Crippen LogP contribution in [0, 0.1) is 24.7 Å². The van der Waals surface area contributed by atoms with Gasteiger partial charge in [0.1, 0.15) is 12.1 Å². The fourth-order valence-electron chi connectivity index (χ4n) is 4.51. The van der Waals surface area contributed by atoms with Crippen molar-refractivity contribution in [3.05, 3.63) is 65.9 Å². The molecule has 1 saturated carbocycles. The van der Waals surface area contributed by atoms with Gasteiger partial charge in [0.25, 0.3) is 5.91 Å². The van der Waals surface area contributed by atoms with Crippen molar-refractivity contribution in [2.45, 2.75) is 32.0 Å². The van der Waals surface area contributed by atoms with Gasteiger partial charge in [-0.3, -0.25) is 4.79 Å². The number of pyridine rings is 2. The Kier molecular flexibility index (Phi) is 5.49. The molecule has 1 saturated heterocycles. The van der Waals surface area contributed by atoms with Gasteiger partial charge in [0, 0.05) is 31.0 Å². The highest BCUT2D eigenvalue weighted by molar-refractivity contribution is 5.96. The smallest absolute Gasteiger partial charge is 0.368 e. The van der Waals surface area contributed by atoms with E-state index in [2.05, 4.69) is 20.3 Å². The zero-order chi connectivity index (χ0) is 24.0. The van der Waals surface area contributed by atoms with E-state index in [4.69, 9.17) is 0 Å². The highest BCUT2D eigenvalue weighted by atomic mass is 19.4. The number of nitrogens with one attached hydrogen (secondary N) is 1. The summed E-state index contributed by atoms with van der Waals surface area (Å²) >= 11 is 0. The molecular formula is C23H22F4N6O. The van der Waals surface area contributed by atoms with Crippen LogP contribution in [0.2, 0.25) is 0 Å². The standard InChI is InChI=1S/C23H22F4N6O/c1-13-2-4-18(32-11-19(24)30-12-32)21(31-13)22(34)33-10-15-6-14(15)7-17(33)9-29-20-5-3-16(8-28-20)23(25,26)27/h2-5,8,11-12,14-15,17H,6-7,9-10H2,1H3,(H,28,29)/t14-,15+,17?/m1/s1. The number of anilines is 1. The van der Waals surface area contributed by atoms with Crippen LogP contribution in [0.4, 0.5) is 23.4 Å². The maximum Gasteiger partial charge on any atom is 0.417 e. The number of halogens is 4. The average molecular weight is 474 g/mol. The number of likely N-dealkylation sites (tertiary alicyclic amines) is 1. The summed E-state index contributed by atoms with van der Waals surface area (Å²) in [5, 5.41) is 3.07. The van der Waals surface area contributed by atoms with Gasteiger partial charge in [-0.05, 0) is 55.9 Å². The molecule has 0 bridgehead atoms. The van der Waals surface area contributed by atoms with Crippen LogP contribution in [0.1, 0.15) is 34.6 Å². The van der Waals surface area contributed by atoms with E-state index < -0.39 is 17.7 Å². The minimum Gasteiger partial charge on any atom is -0.368 e. The summed E-state index contributed by atoms with van der Waals surface area (Å²) in [6, 6.07) is 5.52. The zero-order valence-corrected chi connectivity index (χ0v) is 18.3. The minimum atomic E-state index is -4.45. The summed E-state index contributed by atoms with van der Waals surface area (Å²) in [6.07, 6.45) is 0.642. The second-order valence-corrected chi connectivity index (χ2v) is 8.84. The average Bonchev–Trinajstić information content (AvgIpc) is 3.44. The summed E-state index contributed by atoms with van der Waals surface area (Å²) in [5.74, 6) is 0.336. The zero-order valence-electron chi connectivity index (χ0n) is 18.3. The number of piperidine rings is 1. The maximum atomic E-state index is 13.7. The normalized spacial score (nSPS) is 21.8. The molecule has 7 nitrogen and oxygen atoms in total. The summed E-state index contributed by atoms with van der Waals surface area (Å²) in [6.45, 7) is 2.69. The first-order valence-electron chi connectivity index (χ1n) is 10.9. The first kappa shape index (κ1) is 22.3. The number of hydrogen-bond donors (Lipinski definition) is 1. The molecule has 3 aromatic rings. The van der Waals surface area contributed by atoms with E-state index in [1.807, 2.05) is 0 Å². The third kappa shape index (κ3) is 4.46. The van der Waals surface area contributed by atoms with Crippen LogP contribution in [-0.2, 0) is 6.18 Å². The second-order valence-electron chi connectivity index (χ2n) is 8.84. The van der Waals surface area contributed by atoms with E-state index in [0.29, 0.717) is 42.1 Å². The molecule has 178 valence electrons. The predicted octanol–water partition coefficient (Wildman–Crippen LogP) is 4.09. The molecule has 1 aliphatic carbocycles. The van der Waals surface area contributed by atoms with Crippen molar-refractivity contribution in [3.8, 4) is 5.69 Å². The molecule has 3 aromatic heterocycles. The second kappa shape index (κ2) is 8.37. The van der Waals surface area contributed by atoms with E-state index >= 15 is 0 Å². The van der Waals surface area contributed by atoms with Crippen molar-refractivity contribution in [1.82, 2.24) is 24.4 Å². The van der Waals surface area contributed by atoms with Gasteiger partial charge >= 0.3 is 6.18 Å². The number of carbonyl (C=O) groups excluding carboxylic acids is 1. The molecule has 1 unspecified atom stereocenters. The van der Waals surface area contributed by atoms with Crippen LogP contribution >= 0.6 is 0 Å². The summed E-state index contributed by atoms with van der Waals surface area (Å²) in [4.78, 5) is 27.4. The summed E-state index contributed by atoms with van der Waals surface area (Å²) in [5.41, 5.74) is 0.468. The third-order valence-corrected chi connectivity index (χ3v) is 6.43. The number of rotatable bonds is 5. The fourth-order valence-corrected chi connectivity index (χ4v) is 4.51. The van der Waals surface area contributed by atoms with Crippen LogP contribution in [0.3, 0.4) is 0 Å². The highest BCUT2D eigenvalue weighted by Gasteiger charge is 2.47. The molecule has 2 fully saturated rings. The minimum absolute atomic E-state index is 0.185. The van der Waals surface area contributed by atoms with E-state index in [0.717, 1.165) is 25.1 Å². The van der Waals surface area contributed by atoms with Crippen LogP contribution in [0.5, 0.6) is 0 Å². The van der Waals surface area contributed by atoms with Gasteiger partial charge in [-0.15, -0.1) is 0 Å². The number of alkyl halides is 3. The number of fused-ring (bicyclic) bond motifs is 1. The van der Waals surface area contributed by atoms with Gasteiger partial charge in [-0.1, -0.05) is 0 Å². The maximum absolute atomic E-state index is 13.7. The fraction of sp³-hybridized carbons (Fsp3) is 0.391. The highest BCUT2D eigenvalue weighted by Crippen LogP contribution is 2.47. The summed E-state index contributed by atoms with van der Waals surface area (Å²) in [7, 11) is 0. The Hall–Kier alpha value is -3.50. The molecule has 34 heavy (non-hydrogen) atoms. The lowest BCUT2D eigenvalue weighted by atomic mass is 10.0. The Labute approximate surface area is 192 Å². The van der Waals surface area contributed by atoms with Crippen molar-refractivity contribution in [1.29, 1.82) is 0 Å². The van der Waals surface area contributed by atoms with Crippen molar-refractivity contribution >= 4 is 11.7 Å². The Morgan fingerprint density at radius 3 is 2.65 bits per heavy atom. The predicted molar refractivity (Wildman–Crippen MR) is 115 cm³/mol. The molecule has 1 amide bonds. The van der Waals surface area contributed by atoms with Crippen LogP contribution in [0.25, 0.3) is 5.69 Å². The first-order chi connectivity index (χ1) is 16.2. The molecule has 2 aliphatic rings. The lowest BCUT2D eigenvalue weighted by Gasteiger charge is -2.36. The Morgan fingerprint density at radius 2 is 1.97 bits per heavy atom. The number of aryl methyl sites for hydroxylation is 1. The molecule has 11 heteroatoms. The molecule has 1 aliphatic heterocycles. The molecule has 0 spiro atoms. The Morgan fingerprint density at radius 1 is 1.15 bits per heavy atom. The molecule has 0 radical (unpaired) electrons. The number of nitrogens with zero attached hydrogens (tertiary/aromatic N) is 5. The number of amides is 1. The molecule has 0 aromatic carbocycles. The first-order valence-corrected chi connectivity index (χ1v) is 10.9. The van der Waals surface area contributed by atoms with Crippen molar-refractivity contribution in [2.75, 3.05) is 18.4 Å². The van der Waals surface area contributed by atoms with E-state index in [1.165, 1.54) is 23.2 Å². The van der Waals surface area contributed by atoms with Gasteiger partial charge < -0.3 is 14.8 Å². The van der Waals surface area contributed by atoms with Crippen molar-refractivity contribution < 1.29 is 22.4 Å². The molecule has 4 heterocycles. The van der Waals surface area contributed by atoms with Crippen molar-refractivity contribution in [3.63, 3.8) is 0 Å². The number of hydrogen-bond acceptors (Lipinski definition) is 5. The molecule has 5 rings (SSSR count). The monoisotopic (exact) mass is 474 g/mol. The van der Waals surface area contributed by atoms with Gasteiger partial charge in [-0.25, -0.2) is 15.0 Å². The number of aromatic nitrogens is 4. The SMILES string of the molecule is Cc1ccc(-n2cnc(F)c2)c(C(=O)N2C[C@@H]3C[C@@H]3CC2CNc2ccc(C(F)(F)F)cn2)n1. The van der Waals surface area contributed by atoms with Crippen molar-refractivity contribution in [2.24, 2.45) is 11.8 Å². The lowest BCUT2D eigenvalue weighted by molar-refractivity contribution is -0.137. The third-order valence-electron chi connectivity index (χ3n) is 6.43. The Balaban J connectivity index is 1.37. The van der Waals surface area contributed by atoms with Crippen LogP contribution < -0.4 is 5.32 Å². The van der Waals surface area contributed by atoms with E-state index in [1.54, 1.807) is 24.0 Å². The molecule has 3 atom stereocenters. The van der Waals surface area contributed by atoms with E-state index in [-0.39, 0.29) is 17.6 Å². The van der Waals surface area contributed by atoms with E-state index in [9.17, 15) is 22.4 Å². The molecular weight excluding hydrogens is 452 g/mol. The quantitative estimate of drug-likeness (QED) is 0.564. The Bertz CT molecular complexity index is 1210. The van der Waals surface area contributed by atoms with Crippen LogP contribution in [0.15, 0.2) is 43.0 Å². The summed E-state index contributed by atoms with van der Waals surface area (Å²) < 4.78 is 53.3. The largest absolute Gasteiger partial charge is 0.417 e. The van der Waals surface area contributed by atoms with Gasteiger partial charge in [-0.2, -0.15) is 17.6 Å². The topological polar surface area (TPSA) is 75.9 Å². The van der Waals surface area contributed by atoms with Gasteiger partial charge in [0.2, 0.25) is 5.95 Å². The lowest BCUT2D eigenvalue weighted by Crippen LogP contribution is -2.48. The van der Waals surface area contributed by atoms with Gasteiger partial charge in [0.05, 0.1) is 17.4 Å². The van der Waals surface area contributed by atoms with Crippen LogP contribution in [-0.4, -0.2) is 49.5 Å².